The Morgan fingerprint density at radius 1 is 1.37 bits per heavy atom. The number of carbonyl (C=O) groups excluding carboxylic acids is 1. The number of aromatic carboxylic acids is 1. The van der Waals surface area contributed by atoms with Crippen molar-refractivity contribution < 1.29 is 24.2 Å². The predicted molar refractivity (Wildman–Crippen MR) is 94.8 cm³/mol. The van der Waals surface area contributed by atoms with Crippen LogP contribution in [0.5, 0.6) is 0 Å². The summed E-state index contributed by atoms with van der Waals surface area (Å²) in [6, 6.07) is 0.517. The molecule has 8 heteroatoms. The van der Waals surface area contributed by atoms with Gasteiger partial charge in [0.25, 0.3) is 0 Å². The van der Waals surface area contributed by atoms with Crippen molar-refractivity contribution in [2.75, 3.05) is 6.54 Å². The van der Waals surface area contributed by atoms with Gasteiger partial charge in [-0.05, 0) is 38.3 Å². The van der Waals surface area contributed by atoms with Gasteiger partial charge in [-0.1, -0.05) is 0 Å². The summed E-state index contributed by atoms with van der Waals surface area (Å²) in [6.07, 6.45) is 3.45. The van der Waals surface area contributed by atoms with Crippen LogP contribution in [0, 0.1) is 5.82 Å². The predicted octanol–water partition coefficient (Wildman–Crippen LogP) is 1.77. The van der Waals surface area contributed by atoms with Gasteiger partial charge in [0.1, 0.15) is 11.4 Å². The van der Waals surface area contributed by atoms with Crippen molar-refractivity contribution in [2.24, 2.45) is 0 Å². The molecule has 7 nitrogen and oxygen atoms in total. The number of pyridine rings is 1. The van der Waals surface area contributed by atoms with Crippen LogP contribution in [0.1, 0.15) is 64.1 Å². The molecule has 1 saturated heterocycles. The van der Waals surface area contributed by atoms with Gasteiger partial charge >= 0.3 is 5.97 Å². The van der Waals surface area contributed by atoms with Crippen molar-refractivity contribution in [1.82, 2.24) is 9.88 Å². The van der Waals surface area contributed by atoms with E-state index in [0.717, 1.165) is 25.3 Å². The number of halogens is 1. The molecule has 2 unspecified atom stereocenters. The van der Waals surface area contributed by atoms with Crippen molar-refractivity contribution in [2.45, 2.75) is 43.9 Å². The van der Waals surface area contributed by atoms with Crippen molar-refractivity contribution in [3.63, 3.8) is 0 Å². The number of hydrogen-bond donors (Lipinski definition) is 3. The topological polar surface area (TPSA) is 109 Å². The van der Waals surface area contributed by atoms with Crippen LogP contribution in [-0.2, 0) is 0 Å². The van der Waals surface area contributed by atoms with Crippen LogP contribution in [0.3, 0.4) is 0 Å². The van der Waals surface area contributed by atoms with E-state index >= 15 is 0 Å². The van der Waals surface area contributed by atoms with E-state index in [2.05, 4.69) is 5.32 Å². The van der Waals surface area contributed by atoms with Crippen LogP contribution in [-0.4, -0.2) is 39.6 Å². The molecule has 2 aromatic rings. The Morgan fingerprint density at radius 2 is 2.11 bits per heavy atom. The molecule has 142 valence electrons. The highest BCUT2D eigenvalue weighted by Crippen LogP contribution is 2.39. The third-order valence-electron chi connectivity index (χ3n) is 5.41. The average Bonchev–Trinajstić information content (AvgIpc) is 3.33. The number of carbonyl (C=O) groups is 2. The average molecular weight is 374 g/mol. The summed E-state index contributed by atoms with van der Waals surface area (Å²) < 4.78 is 16.5. The van der Waals surface area contributed by atoms with E-state index in [1.807, 2.05) is 0 Å². The van der Waals surface area contributed by atoms with Crippen LogP contribution in [0.15, 0.2) is 17.1 Å². The molecule has 1 aliphatic carbocycles. The first-order chi connectivity index (χ1) is 12.9. The van der Waals surface area contributed by atoms with Gasteiger partial charge in [0.15, 0.2) is 6.29 Å². The second-order valence-electron chi connectivity index (χ2n) is 7.16. The number of hydrogen-bond acceptors (Lipinski definition) is 5. The number of aliphatic hydroxyl groups excluding tert-OH is 1. The van der Waals surface area contributed by atoms with Crippen LogP contribution >= 0.6 is 0 Å². The summed E-state index contributed by atoms with van der Waals surface area (Å²) in [5.41, 5.74) is -1.34. The normalized spacial score (nSPS) is 20.7. The zero-order chi connectivity index (χ0) is 19.3. The molecule has 4 rings (SSSR count). The number of aliphatic hydroxyl groups is 1. The van der Waals surface area contributed by atoms with E-state index in [1.54, 1.807) is 4.57 Å². The molecule has 2 aliphatic rings. The van der Waals surface area contributed by atoms with Crippen LogP contribution < -0.4 is 10.7 Å². The van der Waals surface area contributed by atoms with Crippen molar-refractivity contribution in [3.8, 4) is 0 Å². The molecule has 0 spiro atoms. The number of carboxylic acid groups (broad SMARTS) is 1. The van der Waals surface area contributed by atoms with Gasteiger partial charge in [-0.15, -0.1) is 0 Å². The van der Waals surface area contributed by atoms with Gasteiger partial charge in [-0.25, -0.2) is 9.18 Å². The van der Waals surface area contributed by atoms with Crippen molar-refractivity contribution in [1.29, 1.82) is 0 Å². The van der Waals surface area contributed by atoms with Crippen LogP contribution in [0.2, 0.25) is 0 Å². The molecule has 0 amide bonds. The van der Waals surface area contributed by atoms with Crippen LogP contribution in [0.25, 0.3) is 10.9 Å². The first kappa shape index (κ1) is 17.8. The lowest BCUT2D eigenvalue weighted by Crippen LogP contribution is -2.30. The first-order valence-corrected chi connectivity index (χ1v) is 8.95. The Balaban J connectivity index is 2.04. The van der Waals surface area contributed by atoms with E-state index in [1.165, 1.54) is 6.20 Å². The Bertz CT molecular complexity index is 1010. The molecule has 3 N–H and O–H groups in total. The minimum absolute atomic E-state index is 0.0510. The fourth-order valence-corrected chi connectivity index (χ4v) is 3.93. The lowest BCUT2D eigenvalue weighted by atomic mass is 9.93. The van der Waals surface area contributed by atoms with E-state index in [4.69, 9.17) is 0 Å². The molecule has 2 atom stereocenters. The molecule has 2 heterocycles. The number of rotatable bonds is 5. The minimum Gasteiger partial charge on any atom is -0.477 e. The zero-order valence-corrected chi connectivity index (χ0v) is 14.4. The summed E-state index contributed by atoms with van der Waals surface area (Å²) >= 11 is 0. The minimum atomic E-state index is -1.40. The van der Waals surface area contributed by atoms with Gasteiger partial charge in [0.2, 0.25) is 5.43 Å². The Labute approximate surface area is 153 Å². The number of aromatic nitrogens is 1. The van der Waals surface area contributed by atoms with E-state index < -0.39 is 28.9 Å². The number of carboxylic acids is 1. The van der Waals surface area contributed by atoms with Gasteiger partial charge in [0.05, 0.1) is 17.0 Å². The molecular weight excluding hydrogens is 355 g/mol. The number of nitrogens with zero attached hydrogens (tertiary/aromatic N) is 1. The number of aldehydes is 1. The lowest BCUT2D eigenvalue weighted by Gasteiger charge is -2.23. The second kappa shape index (κ2) is 6.54. The van der Waals surface area contributed by atoms with Crippen molar-refractivity contribution in [3.05, 3.63) is 45.0 Å². The summed E-state index contributed by atoms with van der Waals surface area (Å²) in [5, 5.41) is 22.9. The molecule has 1 aliphatic heterocycles. The molecule has 1 aromatic heterocycles. The highest BCUT2D eigenvalue weighted by Gasteiger charge is 2.33. The third-order valence-corrected chi connectivity index (χ3v) is 5.41. The molecule has 27 heavy (non-hydrogen) atoms. The molecule has 1 aromatic carbocycles. The molecular formula is C19H19FN2O5. The highest BCUT2D eigenvalue weighted by molar-refractivity contribution is 6.00. The summed E-state index contributed by atoms with van der Waals surface area (Å²) in [7, 11) is 0. The monoisotopic (exact) mass is 374 g/mol. The number of benzene rings is 1. The van der Waals surface area contributed by atoms with E-state index in [0.29, 0.717) is 19.3 Å². The molecule has 0 bridgehead atoms. The van der Waals surface area contributed by atoms with E-state index in [9.17, 15) is 29.0 Å². The number of nitrogens with one attached hydrogen (secondary N) is 1. The fourth-order valence-electron chi connectivity index (χ4n) is 3.93. The van der Waals surface area contributed by atoms with Crippen LogP contribution in [0.4, 0.5) is 4.39 Å². The maximum atomic E-state index is 14.9. The third kappa shape index (κ3) is 2.85. The Kier molecular flexibility index (Phi) is 4.32. The standard InChI is InChI=1S/C19H19FN2O5/c20-13-6-10-16(12(8-23)15(13)18(25)14-2-1-5-21-14)22(9-3-4-9)7-11(17(10)24)19(26)27/h6-9,14,18,21,25H,1-5H2,(H,26,27). The molecule has 0 radical (unpaired) electrons. The zero-order valence-electron chi connectivity index (χ0n) is 14.4. The Hall–Kier alpha value is -2.58. The summed E-state index contributed by atoms with van der Waals surface area (Å²) in [5.74, 6) is -2.28. The Morgan fingerprint density at radius 3 is 2.67 bits per heavy atom. The van der Waals surface area contributed by atoms with Crippen molar-refractivity contribution >= 4 is 23.2 Å². The van der Waals surface area contributed by atoms with Gasteiger partial charge in [-0.2, -0.15) is 0 Å². The lowest BCUT2D eigenvalue weighted by molar-refractivity contribution is 0.0694. The van der Waals surface area contributed by atoms with Gasteiger partial charge in [0, 0.05) is 29.4 Å². The highest BCUT2D eigenvalue weighted by atomic mass is 19.1. The second-order valence-corrected chi connectivity index (χ2v) is 7.16. The maximum absolute atomic E-state index is 14.9. The quantitative estimate of drug-likeness (QED) is 0.689. The largest absolute Gasteiger partial charge is 0.477 e. The van der Waals surface area contributed by atoms with Gasteiger partial charge in [-0.3, -0.25) is 9.59 Å². The smallest absolute Gasteiger partial charge is 0.341 e. The summed E-state index contributed by atoms with van der Waals surface area (Å²) in [4.78, 5) is 35.9. The SMILES string of the molecule is O=Cc1c(C(O)C2CCCN2)c(F)cc2c(=O)c(C(=O)O)cn(C3CC3)c12. The summed E-state index contributed by atoms with van der Waals surface area (Å²) in [6.45, 7) is 0.697. The van der Waals surface area contributed by atoms with Gasteiger partial charge < -0.3 is 20.1 Å². The van der Waals surface area contributed by atoms with E-state index in [-0.39, 0.29) is 34.1 Å². The molecule has 2 fully saturated rings. The molecule has 1 saturated carbocycles. The number of fused-ring (bicyclic) bond motifs is 1. The first-order valence-electron chi connectivity index (χ1n) is 8.95. The fraction of sp³-hybridized carbons (Fsp3) is 0.421. The maximum Gasteiger partial charge on any atom is 0.341 e.